The lowest BCUT2D eigenvalue weighted by Gasteiger charge is -2.29. The molecule has 2 aromatic rings. The number of aliphatic hydroxyl groups excluding tert-OH is 1. The van der Waals surface area contributed by atoms with Crippen LogP contribution >= 0.6 is 0 Å². The number of hydrogen-bond donors (Lipinski definition) is 1. The zero-order valence-electron chi connectivity index (χ0n) is 16.2. The molecule has 5 heteroatoms. The van der Waals surface area contributed by atoms with Gasteiger partial charge in [-0.3, -0.25) is 9.59 Å². The summed E-state index contributed by atoms with van der Waals surface area (Å²) >= 11 is 0. The smallest absolute Gasteiger partial charge is 0.301 e. The summed E-state index contributed by atoms with van der Waals surface area (Å²) < 4.78 is 0. The number of aryl methyl sites for hydroxylation is 2. The molecule has 2 heterocycles. The molecule has 5 nitrogen and oxygen atoms in total. The number of carbonyl (C=O) groups is 2. The number of amides is 2. The van der Waals surface area contributed by atoms with Crippen molar-refractivity contribution in [1.29, 1.82) is 0 Å². The molecule has 1 N–H and O–H groups in total. The molecule has 1 saturated heterocycles. The number of benzene rings is 2. The highest BCUT2D eigenvalue weighted by Gasteiger charge is 2.40. The van der Waals surface area contributed by atoms with E-state index in [9.17, 15) is 14.7 Å². The Morgan fingerprint density at radius 3 is 2.07 bits per heavy atom. The van der Waals surface area contributed by atoms with Gasteiger partial charge in [0.2, 0.25) is 0 Å². The van der Waals surface area contributed by atoms with Crippen molar-refractivity contribution in [2.24, 2.45) is 0 Å². The molecule has 0 saturated carbocycles. The SMILES string of the molecule is Cc1ccc(C2=C(O)C(=O)N(c3ccc(N4CCCCC4)cc3)C2=O)cc1C. The van der Waals surface area contributed by atoms with Gasteiger partial charge in [0.1, 0.15) is 0 Å². The molecule has 2 aromatic carbocycles. The zero-order valence-corrected chi connectivity index (χ0v) is 16.2. The standard InChI is InChI=1S/C23H24N2O3/c1-15-6-7-17(14-16(15)2)20-21(26)23(28)25(22(20)27)19-10-8-18(9-11-19)24-12-4-3-5-13-24/h6-11,14,26H,3-5,12-13H2,1-2H3. The van der Waals surface area contributed by atoms with Gasteiger partial charge in [-0.15, -0.1) is 0 Å². The molecule has 28 heavy (non-hydrogen) atoms. The quantitative estimate of drug-likeness (QED) is 0.818. The molecule has 0 aromatic heterocycles. The van der Waals surface area contributed by atoms with E-state index in [1.165, 1.54) is 19.3 Å². The summed E-state index contributed by atoms with van der Waals surface area (Å²) in [4.78, 5) is 29.0. The Balaban J connectivity index is 1.62. The van der Waals surface area contributed by atoms with Crippen LogP contribution in [0.15, 0.2) is 48.2 Å². The van der Waals surface area contributed by atoms with E-state index in [-0.39, 0.29) is 5.57 Å². The minimum atomic E-state index is -0.677. The molecular weight excluding hydrogens is 352 g/mol. The minimum absolute atomic E-state index is 0.0632. The number of piperidine rings is 1. The first-order chi connectivity index (χ1) is 13.5. The Hall–Kier alpha value is -3.08. The van der Waals surface area contributed by atoms with E-state index in [0.717, 1.165) is 34.8 Å². The van der Waals surface area contributed by atoms with Crippen molar-refractivity contribution < 1.29 is 14.7 Å². The lowest BCUT2D eigenvalue weighted by Crippen LogP contribution is -2.32. The van der Waals surface area contributed by atoms with Gasteiger partial charge in [-0.25, -0.2) is 4.90 Å². The third kappa shape index (κ3) is 3.07. The normalized spacial score (nSPS) is 17.6. The van der Waals surface area contributed by atoms with Gasteiger partial charge in [-0.05, 0) is 74.1 Å². The van der Waals surface area contributed by atoms with E-state index in [4.69, 9.17) is 0 Å². The first-order valence-corrected chi connectivity index (χ1v) is 9.72. The zero-order chi connectivity index (χ0) is 19.8. The predicted octanol–water partition coefficient (Wildman–Crippen LogP) is 4.14. The highest BCUT2D eigenvalue weighted by Crippen LogP contribution is 2.33. The summed E-state index contributed by atoms with van der Waals surface area (Å²) in [7, 11) is 0. The molecule has 0 spiro atoms. The molecule has 144 valence electrons. The van der Waals surface area contributed by atoms with Gasteiger partial charge in [-0.1, -0.05) is 18.2 Å². The number of rotatable bonds is 3. The fourth-order valence-electron chi connectivity index (χ4n) is 3.87. The van der Waals surface area contributed by atoms with E-state index < -0.39 is 17.6 Å². The van der Waals surface area contributed by atoms with Gasteiger partial charge in [0.05, 0.1) is 11.3 Å². The highest BCUT2D eigenvalue weighted by atomic mass is 16.3. The van der Waals surface area contributed by atoms with Crippen LogP contribution in [-0.2, 0) is 9.59 Å². The van der Waals surface area contributed by atoms with Crippen LogP contribution in [0.2, 0.25) is 0 Å². The molecule has 2 amide bonds. The van der Waals surface area contributed by atoms with Gasteiger partial charge in [-0.2, -0.15) is 0 Å². The summed E-state index contributed by atoms with van der Waals surface area (Å²) in [6.45, 7) is 5.97. The highest BCUT2D eigenvalue weighted by molar-refractivity contribution is 6.44. The largest absolute Gasteiger partial charge is 0.502 e. The number of aliphatic hydroxyl groups is 1. The minimum Gasteiger partial charge on any atom is -0.502 e. The Bertz CT molecular complexity index is 970. The van der Waals surface area contributed by atoms with Crippen molar-refractivity contribution in [3.63, 3.8) is 0 Å². The lowest BCUT2D eigenvalue weighted by molar-refractivity contribution is -0.121. The second kappa shape index (κ2) is 7.15. The molecule has 0 bridgehead atoms. The van der Waals surface area contributed by atoms with E-state index in [2.05, 4.69) is 4.90 Å². The Kier molecular flexibility index (Phi) is 4.67. The first kappa shape index (κ1) is 18.3. The van der Waals surface area contributed by atoms with Crippen molar-refractivity contribution >= 4 is 28.8 Å². The molecule has 0 aliphatic carbocycles. The van der Waals surface area contributed by atoms with Gasteiger partial charge in [0, 0.05) is 18.8 Å². The van der Waals surface area contributed by atoms with Crippen LogP contribution in [0.25, 0.3) is 5.57 Å². The molecule has 2 aliphatic heterocycles. The monoisotopic (exact) mass is 376 g/mol. The average molecular weight is 376 g/mol. The summed E-state index contributed by atoms with van der Waals surface area (Å²) in [6.07, 6.45) is 3.63. The first-order valence-electron chi connectivity index (χ1n) is 9.72. The number of nitrogens with zero attached hydrogens (tertiary/aromatic N) is 2. The summed E-state index contributed by atoms with van der Waals surface area (Å²) in [5.74, 6) is -1.66. The van der Waals surface area contributed by atoms with Crippen molar-refractivity contribution in [2.45, 2.75) is 33.1 Å². The summed E-state index contributed by atoms with van der Waals surface area (Å²) in [6, 6.07) is 12.9. The molecule has 0 radical (unpaired) electrons. The third-order valence-electron chi connectivity index (χ3n) is 5.68. The Labute approximate surface area is 164 Å². The van der Waals surface area contributed by atoms with E-state index >= 15 is 0 Å². The summed E-state index contributed by atoms with van der Waals surface area (Å²) in [5, 5.41) is 10.4. The average Bonchev–Trinajstić information content (AvgIpc) is 2.94. The maximum atomic E-state index is 13.0. The number of imide groups is 1. The number of hydrogen-bond acceptors (Lipinski definition) is 4. The third-order valence-corrected chi connectivity index (χ3v) is 5.68. The van der Waals surface area contributed by atoms with Crippen molar-refractivity contribution in [2.75, 3.05) is 22.9 Å². The van der Waals surface area contributed by atoms with Crippen LogP contribution in [0.3, 0.4) is 0 Å². The fourth-order valence-corrected chi connectivity index (χ4v) is 3.87. The van der Waals surface area contributed by atoms with Crippen LogP contribution in [-0.4, -0.2) is 30.0 Å². The second-order valence-corrected chi connectivity index (χ2v) is 7.53. The van der Waals surface area contributed by atoms with Gasteiger partial charge in [0.25, 0.3) is 5.91 Å². The molecule has 1 fully saturated rings. The maximum Gasteiger partial charge on any atom is 0.301 e. The van der Waals surface area contributed by atoms with Crippen molar-refractivity contribution in [3.05, 3.63) is 64.9 Å². The van der Waals surface area contributed by atoms with Gasteiger partial charge < -0.3 is 10.0 Å². The molecule has 0 unspecified atom stereocenters. The van der Waals surface area contributed by atoms with Crippen LogP contribution < -0.4 is 9.80 Å². The topological polar surface area (TPSA) is 60.9 Å². The van der Waals surface area contributed by atoms with Gasteiger partial charge in [0.15, 0.2) is 5.76 Å². The number of carbonyl (C=O) groups excluding carboxylic acids is 2. The molecule has 0 atom stereocenters. The second-order valence-electron chi connectivity index (χ2n) is 7.53. The van der Waals surface area contributed by atoms with Crippen molar-refractivity contribution in [3.8, 4) is 0 Å². The molecule has 2 aliphatic rings. The van der Waals surface area contributed by atoms with E-state index in [0.29, 0.717) is 11.3 Å². The molecular formula is C23H24N2O3. The number of anilines is 2. The maximum absolute atomic E-state index is 13.0. The predicted molar refractivity (Wildman–Crippen MR) is 110 cm³/mol. The van der Waals surface area contributed by atoms with Crippen molar-refractivity contribution in [1.82, 2.24) is 0 Å². The Morgan fingerprint density at radius 1 is 0.786 bits per heavy atom. The van der Waals surface area contributed by atoms with Crippen LogP contribution in [0.4, 0.5) is 11.4 Å². The van der Waals surface area contributed by atoms with E-state index in [1.807, 2.05) is 38.1 Å². The van der Waals surface area contributed by atoms with Crippen LogP contribution in [0.1, 0.15) is 36.0 Å². The van der Waals surface area contributed by atoms with E-state index in [1.54, 1.807) is 18.2 Å². The van der Waals surface area contributed by atoms with Gasteiger partial charge >= 0.3 is 5.91 Å². The van der Waals surface area contributed by atoms with Crippen LogP contribution in [0, 0.1) is 13.8 Å². The summed E-state index contributed by atoms with van der Waals surface area (Å²) in [5.41, 5.74) is 4.28. The Morgan fingerprint density at radius 2 is 1.43 bits per heavy atom. The lowest BCUT2D eigenvalue weighted by atomic mass is 10.00. The van der Waals surface area contributed by atoms with Crippen LogP contribution in [0.5, 0.6) is 0 Å². The fraction of sp³-hybridized carbons (Fsp3) is 0.304. The molecule has 4 rings (SSSR count).